The number of benzene rings is 1. The first-order chi connectivity index (χ1) is 8.49. The molecule has 18 heavy (non-hydrogen) atoms. The van der Waals surface area contributed by atoms with Crippen molar-refractivity contribution in [2.75, 3.05) is 6.61 Å². The first-order valence-electron chi connectivity index (χ1n) is 7.02. The lowest BCUT2D eigenvalue weighted by molar-refractivity contribution is 0.0978. The second-order valence-electron chi connectivity index (χ2n) is 6.02. The molecule has 1 aromatic rings. The van der Waals surface area contributed by atoms with Crippen molar-refractivity contribution in [2.45, 2.75) is 52.0 Å². The van der Waals surface area contributed by atoms with Crippen LogP contribution in [0.5, 0.6) is 5.75 Å². The van der Waals surface area contributed by atoms with E-state index in [4.69, 9.17) is 10.5 Å². The zero-order chi connectivity index (χ0) is 13.2. The van der Waals surface area contributed by atoms with Crippen LogP contribution in [0.3, 0.4) is 0 Å². The van der Waals surface area contributed by atoms with E-state index >= 15 is 0 Å². The zero-order valence-corrected chi connectivity index (χ0v) is 11.8. The van der Waals surface area contributed by atoms with Gasteiger partial charge in [-0.1, -0.05) is 38.8 Å². The Morgan fingerprint density at radius 2 is 1.72 bits per heavy atom. The summed E-state index contributed by atoms with van der Waals surface area (Å²) in [4.78, 5) is 0. The molecule has 100 valence electrons. The summed E-state index contributed by atoms with van der Waals surface area (Å²) in [6.45, 7) is 7.30. The molecule has 0 aromatic heterocycles. The van der Waals surface area contributed by atoms with Gasteiger partial charge in [0, 0.05) is 5.54 Å². The molecular weight excluding hydrogens is 222 g/mol. The van der Waals surface area contributed by atoms with Crippen LogP contribution in [0.15, 0.2) is 24.3 Å². The van der Waals surface area contributed by atoms with E-state index in [9.17, 15) is 0 Å². The maximum Gasteiger partial charge on any atom is 0.119 e. The Kier molecular flexibility index (Phi) is 3.67. The predicted molar refractivity (Wildman–Crippen MR) is 75.7 cm³/mol. The van der Waals surface area contributed by atoms with Crippen LogP contribution in [0, 0.1) is 5.41 Å². The van der Waals surface area contributed by atoms with Crippen molar-refractivity contribution in [1.82, 2.24) is 0 Å². The molecule has 1 aromatic carbocycles. The molecule has 2 heteroatoms. The molecule has 1 unspecified atom stereocenters. The summed E-state index contributed by atoms with van der Waals surface area (Å²) in [5.74, 6) is 0.929. The lowest BCUT2D eigenvalue weighted by atomic mass is 9.61. The summed E-state index contributed by atoms with van der Waals surface area (Å²) in [5.41, 5.74) is 7.95. The van der Waals surface area contributed by atoms with E-state index < -0.39 is 0 Å². The average molecular weight is 247 g/mol. The molecule has 0 bridgehead atoms. The van der Waals surface area contributed by atoms with E-state index in [0.29, 0.717) is 6.61 Å². The van der Waals surface area contributed by atoms with Crippen molar-refractivity contribution in [3.63, 3.8) is 0 Å². The van der Waals surface area contributed by atoms with Crippen molar-refractivity contribution in [2.24, 2.45) is 11.1 Å². The molecule has 2 N–H and O–H groups in total. The summed E-state index contributed by atoms with van der Waals surface area (Å²) in [6, 6.07) is 8.35. The van der Waals surface area contributed by atoms with Gasteiger partial charge in [-0.25, -0.2) is 0 Å². The van der Waals surface area contributed by atoms with Crippen LogP contribution in [-0.2, 0) is 5.54 Å². The summed E-state index contributed by atoms with van der Waals surface area (Å²) in [7, 11) is 0. The minimum atomic E-state index is -0.198. The quantitative estimate of drug-likeness (QED) is 0.880. The van der Waals surface area contributed by atoms with Crippen molar-refractivity contribution in [3.05, 3.63) is 29.8 Å². The van der Waals surface area contributed by atoms with Gasteiger partial charge in [-0.2, -0.15) is 0 Å². The molecule has 0 amide bonds. The highest BCUT2D eigenvalue weighted by Gasteiger charge is 2.44. The number of hydrogen-bond donors (Lipinski definition) is 1. The van der Waals surface area contributed by atoms with Gasteiger partial charge in [0.2, 0.25) is 0 Å². The molecule has 1 aliphatic carbocycles. The fourth-order valence-corrected chi connectivity index (χ4v) is 3.08. The molecule has 0 heterocycles. The van der Waals surface area contributed by atoms with Crippen LogP contribution >= 0.6 is 0 Å². The normalized spacial score (nSPS) is 26.9. The zero-order valence-electron chi connectivity index (χ0n) is 11.8. The van der Waals surface area contributed by atoms with Crippen LogP contribution < -0.4 is 10.5 Å². The van der Waals surface area contributed by atoms with Crippen LogP contribution in [0.2, 0.25) is 0 Å². The monoisotopic (exact) mass is 247 g/mol. The minimum absolute atomic E-state index is 0.165. The van der Waals surface area contributed by atoms with Gasteiger partial charge < -0.3 is 10.5 Å². The van der Waals surface area contributed by atoms with Crippen molar-refractivity contribution < 1.29 is 4.74 Å². The predicted octanol–water partition coefficient (Wildman–Crippen LogP) is 3.84. The molecule has 0 radical (unpaired) electrons. The van der Waals surface area contributed by atoms with Gasteiger partial charge in [0.1, 0.15) is 5.75 Å². The SMILES string of the molecule is CCOc1ccc(C2(N)CCCCC2(C)C)cc1. The van der Waals surface area contributed by atoms with Gasteiger partial charge in [-0.05, 0) is 42.9 Å². The Morgan fingerprint density at radius 1 is 1.11 bits per heavy atom. The van der Waals surface area contributed by atoms with Crippen LogP contribution in [0.4, 0.5) is 0 Å². The lowest BCUT2D eigenvalue weighted by Gasteiger charge is -2.48. The number of ether oxygens (including phenoxy) is 1. The van der Waals surface area contributed by atoms with E-state index in [1.54, 1.807) is 0 Å². The Hall–Kier alpha value is -1.02. The van der Waals surface area contributed by atoms with Crippen LogP contribution in [0.1, 0.15) is 52.0 Å². The first kappa shape index (κ1) is 13.4. The first-order valence-corrected chi connectivity index (χ1v) is 7.02. The summed E-state index contributed by atoms with van der Waals surface area (Å²) >= 11 is 0. The molecule has 0 saturated heterocycles. The second kappa shape index (κ2) is 4.93. The third-order valence-electron chi connectivity index (χ3n) is 4.51. The highest BCUT2D eigenvalue weighted by molar-refractivity contribution is 5.33. The molecule has 1 saturated carbocycles. The second-order valence-corrected chi connectivity index (χ2v) is 6.02. The third-order valence-corrected chi connectivity index (χ3v) is 4.51. The Balaban J connectivity index is 2.28. The number of rotatable bonds is 3. The van der Waals surface area contributed by atoms with E-state index in [1.807, 2.05) is 19.1 Å². The summed E-state index contributed by atoms with van der Waals surface area (Å²) in [5, 5.41) is 0. The molecule has 2 nitrogen and oxygen atoms in total. The molecule has 0 aliphatic heterocycles. The van der Waals surface area contributed by atoms with Gasteiger partial charge in [-0.3, -0.25) is 0 Å². The van der Waals surface area contributed by atoms with Crippen molar-refractivity contribution in [1.29, 1.82) is 0 Å². The topological polar surface area (TPSA) is 35.2 Å². The van der Waals surface area contributed by atoms with E-state index in [1.165, 1.54) is 24.8 Å². The number of hydrogen-bond acceptors (Lipinski definition) is 2. The van der Waals surface area contributed by atoms with Gasteiger partial charge >= 0.3 is 0 Å². The van der Waals surface area contributed by atoms with E-state index in [-0.39, 0.29) is 11.0 Å². The maximum atomic E-state index is 6.74. The lowest BCUT2D eigenvalue weighted by Crippen LogP contribution is -2.51. The molecule has 2 rings (SSSR count). The summed E-state index contributed by atoms with van der Waals surface area (Å²) in [6.07, 6.45) is 4.81. The highest BCUT2D eigenvalue weighted by atomic mass is 16.5. The van der Waals surface area contributed by atoms with Crippen LogP contribution in [0.25, 0.3) is 0 Å². The van der Waals surface area contributed by atoms with Gasteiger partial charge in [-0.15, -0.1) is 0 Å². The highest BCUT2D eigenvalue weighted by Crippen LogP contribution is 2.48. The van der Waals surface area contributed by atoms with Gasteiger partial charge in [0.05, 0.1) is 6.61 Å². The van der Waals surface area contributed by atoms with Crippen LogP contribution in [-0.4, -0.2) is 6.61 Å². The maximum absolute atomic E-state index is 6.74. The summed E-state index contributed by atoms with van der Waals surface area (Å²) < 4.78 is 5.49. The van der Waals surface area contributed by atoms with Gasteiger partial charge in [0.25, 0.3) is 0 Å². The standard InChI is InChI=1S/C16H25NO/c1-4-18-14-9-7-13(8-10-14)16(17)12-6-5-11-15(16,2)3/h7-10H,4-6,11-12,17H2,1-3H3. The van der Waals surface area contributed by atoms with E-state index in [2.05, 4.69) is 26.0 Å². The molecule has 1 atom stereocenters. The molecule has 1 aliphatic rings. The van der Waals surface area contributed by atoms with Crippen molar-refractivity contribution in [3.8, 4) is 5.75 Å². The minimum Gasteiger partial charge on any atom is -0.494 e. The average Bonchev–Trinajstić information content (AvgIpc) is 2.34. The third kappa shape index (κ3) is 2.26. The molecule has 0 spiro atoms. The Morgan fingerprint density at radius 3 is 2.28 bits per heavy atom. The number of nitrogens with two attached hydrogens (primary N) is 1. The van der Waals surface area contributed by atoms with Gasteiger partial charge in [0.15, 0.2) is 0 Å². The smallest absolute Gasteiger partial charge is 0.119 e. The van der Waals surface area contributed by atoms with E-state index in [0.717, 1.165) is 12.2 Å². The Labute approximate surface area is 111 Å². The fraction of sp³-hybridized carbons (Fsp3) is 0.625. The fourth-order valence-electron chi connectivity index (χ4n) is 3.08. The largest absolute Gasteiger partial charge is 0.494 e. The molecular formula is C16H25NO. The van der Waals surface area contributed by atoms with Crippen molar-refractivity contribution >= 4 is 0 Å². The molecule has 1 fully saturated rings. The Bertz CT molecular complexity index is 396.